The van der Waals surface area contributed by atoms with E-state index in [9.17, 15) is 19.2 Å². The van der Waals surface area contributed by atoms with Gasteiger partial charge in [-0.15, -0.1) is 0 Å². The number of phenolic OH excluding ortho intramolecular Hbond substituents is 1. The molecule has 1 heterocycles. The lowest BCUT2D eigenvalue weighted by Gasteiger charge is -2.03. The number of halogens is 1. The second kappa shape index (κ2) is 6.83. The second-order valence-electron chi connectivity index (χ2n) is 5.31. The van der Waals surface area contributed by atoms with E-state index in [1.807, 2.05) is 0 Å². The van der Waals surface area contributed by atoms with E-state index < -0.39 is 17.5 Å². The lowest BCUT2D eigenvalue weighted by atomic mass is 10.0. The Morgan fingerprint density at radius 1 is 1.27 bits per heavy atom. The predicted molar refractivity (Wildman–Crippen MR) is 89.5 cm³/mol. The van der Waals surface area contributed by atoms with E-state index in [-0.39, 0.29) is 39.5 Å². The summed E-state index contributed by atoms with van der Waals surface area (Å²) < 4.78 is 24.0. The van der Waals surface area contributed by atoms with Crippen LogP contribution in [0.4, 0.5) is 10.1 Å². The molecule has 0 amide bonds. The van der Waals surface area contributed by atoms with Crippen LogP contribution in [0.2, 0.25) is 0 Å². The van der Waals surface area contributed by atoms with Crippen molar-refractivity contribution in [3.8, 4) is 17.1 Å². The maximum Gasteiger partial charge on any atom is 0.361 e. The number of carbonyl (C=O) groups excluding carboxylic acids is 1. The SMILES string of the molecule is CCOC(=O)c1c(-c2ccc(F)cc2)oc2cc([N+](=O)OC)c(O)cc12. The van der Waals surface area contributed by atoms with Crippen LogP contribution in [-0.4, -0.2) is 29.7 Å². The molecular weight excluding hydrogens is 345 g/mol. The van der Waals surface area contributed by atoms with Crippen LogP contribution in [0.1, 0.15) is 17.3 Å². The molecule has 0 bridgehead atoms. The van der Waals surface area contributed by atoms with Crippen molar-refractivity contribution in [3.05, 3.63) is 52.7 Å². The van der Waals surface area contributed by atoms with E-state index in [1.54, 1.807) is 6.92 Å². The van der Waals surface area contributed by atoms with Crippen molar-refractivity contribution in [3.63, 3.8) is 0 Å². The molecule has 0 aliphatic heterocycles. The Morgan fingerprint density at radius 2 is 1.96 bits per heavy atom. The minimum Gasteiger partial charge on any atom is -0.502 e. The molecule has 3 rings (SSSR count). The van der Waals surface area contributed by atoms with E-state index in [4.69, 9.17) is 9.15 Å². The number of rotatable bonds is 5. The number of hydrogen-bond acceptors (Lipinski definition) is 6. The van der Waals surface area contributed by atoms with Gasteiger partial charge in [-0.05, 0) is 37.3 Å². The summed E-state index contributed by atoms with van der Waals surface area (Å²) in [6.45, 7) is 1.79. The van der Waals surface area contributed by atoms with Gasteiger partial charge in [0.25, 0.3) is 4.92 Å². The van der Waals surface area contributed by atoms with Crippen molar-refractivity contribution in [2.24, 2.45) is 0 Å². The maximum atomic E-state index is 13.2. The minimum absolute atomic E-state index is 0.0742. The van der Waals surface area contributed by atoms with Gasteiger partial charge in [0, 0.05) is 10.9 Å². The molecule has 0 aliphatic rings. The molecule has 1 aromatic heterocycles. The zero-order valence-electron chi connectivity index (χ0n) is 14.0. The van der Waals surface area contributed by atoms with Crippen LogP contribution in [0.5, 0.6) is 5.75 Å². The molecule has 0 atom stereocenters. The molecule has 2 aromatic carbocycles. The van der Waals surface area contributed by atoms with E-state index in [0.717, 1.165) is 7.11 Å². The number of esters is 1. The fourth-order valence-corrected chi connectivity index (χ4v) is 2.58. The summed E-state index contributed by atoms with van der Waals surface area (Å²) >= 11 is 0. The highest BCUT2D eigenvalue weighted by Gasteiger charge is 2.29. The summed E-state index contributed by atoms with van der Waals surface area (Å²) in [4.78, 5) is 28.7. The molecule has 0 fully saturated rings. The van der Waals surface area contributed by atoms with Gasteiger partial charge in [-0.3, -0.25) is 0 Å². The molecular formula is C18H15FNO6+. The Morgan fingerprint density at radius 3 is 2.58 bits per heavy atom. The summed E-state index contributed by atoms with van der Waals surface area (Å²) in [5.74, 6) is -1.36. The summed E-state index contributed by atoms with van der Waals surface area (Å²) in [5.41, 5.74) is 0.496. The summed E-state index contributed by atoms with van der Waals surface area (Å²) in [7, 11) is 1.15. The molecule has 7 nitrogen and oxygen atoms in total. The van der Waals surface area contributed by atoms with Gasteiger partial charge in [0.15, 0.2) is 12.9 Å². The fourth-order valence-electron chi connectivity index (χ4n) is 2.58. The van der Waals surface area contributed by atoms with Crippen LogP contribution in [0.3, 0.4) is 0 Å². The van der Waals surface area contributed by atoms with E-state index >= 15 is 0 Å². The van der Waals surface area contributed by atoms with Gasteiger partial charge in [0.05, 0.1) is 17.6 Å². The Bertz CT molecular complexity index is 993. The summed E-state index contributed by atoms with van der Waals surface area (Å²) in [6.07, 6.45) is 0. The van der Waals surface area contributed by atoms with Crippen LogP contribution in [0, 0.1) is 10.7 Å². The van der Waals surface area contributed by atoms with Crippen LogP contribution in [0.15, 0.2) is 40.8 Å². The molecule has 3 aromatic rings. The van der Waals surface area contributed by atoms with Gasteiger partial charge in [0.2, 0.25) is 0 Å². The third kappa shape index (κ3) is 2.97. The molecule has 26 heavy (non-hydrogen) atoms. The second-order valence-corrected chi connectivity index (χ2v) is 5.31. The van der Waals surface area contributed by atoms with Crippen molar-refractivity contribution in [2.45, 2.75) is 6.92 Å². The predicted octanol–water partition coefficient (Wildman–Crippen LogP) is 4.09. The zero-order chi connectivity index (χ0) is 18.8. The van der Waals surface area contributed by atoms with Gasteiger partial charge in [-0.1, -0.05) is 0 Å². The normalized spacial score (nSPS) is 10.7. The Labute approximate surface area is 147 Å². The quantitative estimate of drug-likeness (QED) is 0.544. The summed E-state index contributed by atoms with van der Waals surface area (Å²) in [5, 5.41) is 10.4. The molecule has 0 spiro atoms. The van der Waals surface area contributed by atoms with Crippen LogP contribution in [-0.2, 0) is 9.57 Å². The molecule has 1 N–H and O–H groups in total. The van der Waals surface area contributed by atoms with Gasteiger partial charge < -0.3 is 14.3 Å². The first-order valence-electron chi connectivity index (χ1n) is 7.70. The highest BCUT2D eigenvalue weighted by atomic mass is 19.1. The number of phenols is 1. The molecule has 0 saturated heterocycles. The summed E-state index contributed by atoms with van der Waals surface area (Å²) in [6, 6.07) is 7.82. The van der Waals surface area contributed by atoms with Gasteiger partial charge >= 0.3 is 11.7 Å². The van der Waals surface area contributed by atoms with Gasteiger partial charge in [0.1, 0.15) is 22.7 Å². The smallest absolute Gasteiger partial charge is 0.361 e. The lowest BCUT2D eigenvalue weighted by Crippen LogP contribution is -2.05. The number of benzene rings is 2. The maximum absolute atomic E-state index is 13.2. The van der Waals surface area contributed by atoms with Crippen LogP contribution >= 0.6 is 0 Å². The molecule has 134 valence electrons. The number of aromatic hydroxyl groups is 1. The van der Waals surface area contributed by atoms with Gasteiger partial charge in [-0.25, -0.2) is 14.0 Å². The Hall–Kier alpha value is -3.42. The Balaban J connectivity index is 2.28. The Kier molecular flexibility index (Phi) is 4.57. The van der Waals surface area contributed by atoms with Crippen LogP contribution in [0.25, 0.3) is 22.3 Å². The fraction of sp³-hybridized carbons (Fsp3) is 0.167. The topological polar surface area (TPSA) is 89.0 Å². The average molecular weight is 360 g/mol. The monoisotopic (exact) mass is 360 g/mol. The number of fused-ring (bicyclic) bond motifs is 1. The largest absolute Gasteiger partial charge is 0.502 e. The van der Waals surface area contributed by atoms with Crippen molar-refractivity contribution >= 4 is 22.6 Å². The van der Waals surface area contributed by atoms with Crippen molar-refractivity contribution in [2.75, 3.05) is 13.7 Å². The molecule has 0 aliphatic carbocycles. The minimum atomic E-state index is -0.663. The first-order chi connectivity index (χ1) is 12.5. The first kappa shape index (κ1) is 17.4. The third-order valence-corrected chi connectivity index (χ3v) is 3.73. The van der Waals surface area contributed by atoms with Crippen molar-refractivity contribution in [1.29, 1.82) is 0 Å². The lowest BCUT2D eigenvalue weighted by molar-refractivity contribution is -0.736. The average Bonchev–Trinajstić information content (AvgIpc) is 2.99. The van der Waals surface area contributed by atoms with Crippen LogP contribution < -0.4 is 0 Å². The number of nitrogens with zero attached hydrogens (tertiary/aromatic N) is 1. The number of ether oxygens (including phenoxy) is 1. The van der Waals surface area contributed by atoms with Gasteiger partial charge in [-0.2, -0.15) is 0 Å². The number of hydrogen-bond donors (Lipinski definition) is 1. The third-order valence-electron chi connectivity index (χ3n) is 3.73. The van der Waals surface area contributed by atoms with E-state index in [1.165, 1.54) is 36.4 Å². The number of furan rings is 1. The molecule has 0 unspecified atom stereocenters. The van der Waals surface area contributed by atoms with E-state index in [0.29, 0.717) is 5.56 Å². The van der Waals surface area contributed by atoms with Crippen molar-refractivity contribution < 1.29 is 33.2 Å². The molecule has 0 saturated carbocycles. The number of carbonyl (C=O) groups is 1. The standard InChI is InChI=1S/C18H14FNO6/c1-3-25-18(22)16-12-8-14(21)13(20(23)24-2)9-15(12)26-17(16)10-4-6-11(19)7-5-10/h4-9H,3H2,1-2H3/p+1. The highest BCUT2D eigenvalue weighted by molar-refractivity contribution is 6.09. The van der Waals surface area contributed by atoms with Crippen molar-refractivity contribution in [1.82, 2.24) is 0 Å². The first-order valence-corrected chi connectivity index (χ1v) is 7.70. The zero-order valence-corrected chi connectivity index (χ0v) is 14.0. The molecule has 8 heteroatoms. The molecule has 0 radical (unpaired) electrons. The highest BCUT2D eigenvalue weighted by Crippen LogP contribution is 2.39. The van der Waals surface area contributed by atoms with E-state index in [2.05, 4.69) is 4.84 Å².